The Labute approximate surface area is 182 Å². The van der Waals surface area contributed by atoms with E-state index in [2.05, 4.69) is 6.92 Å². The second-order valence-corrected chi connectivity index (χ2v) is 8.37. The lowest BCUT2D eigenvalue weighted by Crippen LogP contribution is -2.33. The third kappa shape index (κ3) is 8.60. The van der Waals surface area contributed by atoms with Gasteiger partial charge in [-0.05, 0) is 31.4 Å². The van der Waals surface area contributed by atoms with Gasteiger partial charge in [-0.2, -0.15) is 13.2 Å². The maximum atomic E-state index is 12.2. The van der Waals surface area contributed by atoms with E-state index < -0.39 is 19.1 Å². The number of hydrogen-bond donors (Lipinski definition) is 0. The summed E-state index contributed by atoms with van der Waals surface area (Å²) in [6, 6.07) is 6.31. The minimum atomic E-state index is -4.35. The number of ether oxygens (including phenoxy) is 5. The smallest absolute Gasteiger partial charge is 0.422 e. The highest BCUT2D eigenvalue weighted by Gasteiger charge is 2.29. The number of halogens is 3. The van der Waals surface area contributed by atoms with Gasteiger partial charge in [-0.1, -0.05) is 38.3 Å². The molecule has 0 spiro atoms. The molecule has 0 radical (unpaired) electrons. The van der Waals surface area contributed by atoms with E-state index in [1.165, 1.54) is 37.8 Å². The Bertz CT molecular complexity index is 621. The first kappa shape index (κ1) is 24.3. The zero-order valence-corrected chi connectivity index (χ0v) is 18.1. The standard InChI is InChI=1S/C23H33F3O5/c1-2-3-4-5-17-12-27-21(28-13-17)11-6-18-14-29-22(30-15-18)19-7-9-20(10-8-19)31-16-23(24,25)26/h7-10,17-18,21-22H,2-6,11-16H2,1H3/t17-,18-,21-,22-. The Morgan fingerprint density at radius 3 is 2.06 bits per heavy atom. The average Bonchev–Trinajstić information content (AvgIpc) is 2.78. The van der Waals surface area contributed by atoms with Crippen LogP contribution in [-0.2, 0) is 18.9 Å². The highest BCUT2D eigenvalue weighted by Crippen LogP contribution is 2.29. The molecule has 0 saturated carbocycles. The molecule has 5 nitrogen and oxygen atoms in total. The Kier molecular flexibility index (Phi) is 9.44. The Balaban J connectivity index is 1.31. The predicted molar refractivity (Wildman–Crippen MR) is 109 cm³/mol. The topological polar surface area (TPSA) is 46.2 Å². The molecule has 1 aromatic rings. The molecule has 0 bridgehead atoms. The van der Waals surface area contributed by atoms with E-state index in [0.29, 0.717) is 19.1 Å². The van der Waals surface area contributed by atoms with Crippen molar-refractivity contribution >= 4 is 0 Å². The minimum Gasteiger partial charge on any atom is -0.484 e. The minimum absolute atomic E-state index is 0.149. The van der Waals surface area contributed by atoms with Crippen LogP contribution in [-0.4, -0.2) is 45.5 Å². The monoisotopic (exact) mass is 446 g/mol. The Morgan fingerprint density at radius 1 is 0.839 bits per heavy atom. The second-order valence-electron chi connectivity index (χ2n) is 8.37. The van der Waals surface area contributed by atoms with Gasteiger partial charge in [0.2, 0.25) is 0 Å². The van der Waals surface area contributed by atoms with Gasteiger partial charge in [-0.15, -0.1) is 0 Å². The van der Waals surface area contributed by atoms with E-state index in [4.69, 9.17) is 23.7 Å². The number of alkyl halides is 3. The normalized spacial score (nSPS) is 27.2. The lowest BCUT2D eigenvalue weighted by atomic mass is 10.0. The lowest BCUT2D eigenvalue weighted by Gasteiger charge is -2.32. The zero-order chi connectivity index (χ0) is 22.1. The third-order valence-corrected chi connectivity index (χ3v) is 5.58. The third-order valence-electron chi connectivity index (χ3n) is 5.58. The maximum absolute atomic E-state index is 12.2. The molecular weight excluding hydrogens is 413 g/mol. The van der Waals surface area contributed by atoms with E-state index in [1.54, 1.807) is 12.1 Å². The van der Waals surface area contributed by atoms with Crippen molar-refractivity contribution in [3.05, 3.63) is 29.8 Å². The molecule has 0 aromatic heterocycles. The second kappa shape index (κ2) is 12.0. The van der Waals surface area contributed by atoms with Gasteiger partial charge in [0, 0.05) is 17.4 Å². The molecular formula is C23H33F3O5. The molecule has 2 aliphatic heterocycles. The quantitative estimate of drug-likeness (QED) is 0.436. The number of hydrogen-bond acceptors (Lipinski definition) is 5. The number of unbranched alkanes of at least 4 members (excludes halogenated alkanes) is 2. The van der Waals surface area contributed by atoms with E-state index in [-0.39, 0.29) is 18.0 Å². The maximum Gasteiger partial charge on any atom is 0.422 e. The van der Waals surface area contributed by atoms with Crippen molar-refractivity contribution in [1.82, 2.24) is 0 Å². The fourth-order valence-corrected chi connectivity index (χ4v) is 3.76. The SMILES string of the molecule is CCCCC[C@H]1CO[C@H](CC[C@H]2CO[C@H](c3ccc(OCC(F)(F)F)cc3)OC2)OC1. The van der Waals surface area contributed by atoms with Crippen LogP contribution in [0.5, 0.6) is 5.75 Å². The molecule has 3 rings (SSSR count). The first-order valence-electron chi connectivity index (χ1n) is 11.2. The predicted octanol–water partition coefficient (Wildman–Crippen LogP) is 5.64. The molecule has 1 aromatic carbocycles. The van der Waals surface area contributed by atoms with Crippen molar-refractivity contribution < 1.29 is 36.9 Å². The molecule has 0 unspecified atom stereocenters. The van der Waals surface area contributed by atoms with Crippen LogP contribution in [0, 0.1) is 11.8 Å². The molecule has 2 fully saturated rings. The van der Waals surface area contributed by atoms with Crippen molar-refractivity contribution in [2.75, 3.05) is 33.0 Å². The van der Waals surface area contributed by atoms with Crippen molar-refractivity contribution in [3.8, 4) is 5.75 Å². The van der Waals surface area contributed by atoms with Crippen LogP contribution in [0.25, 0.3) is 0 Å². The van der Waals surface area contributed by atoms with Crippen LogP contribution in [0.2, 0.25) is 0 Å². The molecule has 31 heavy (non-hydrogen) atoms. The Morgan fingerprint density at radius 2 is 1.45 bits per heavy atom. The van der Waals surface area contributed by atoms with Crippen molar-refractivity contribution in [2.45, 2.75) is 64.2 Å². The van der Waals surface area contributed by atoms with E-state index >= 15 is 0 Å². The number of rotatable bonds is 10. The fraction of sp³-hybridized carbons (Fsp3) is 0.739. The van der Waals surface area contributed by atoms with Crippen LogP contribution < -0.4 is 4.74 Å². The summed E-state index contributed by atoms with van der Waals surface area (Å²) in [6.45, 7) is 3.57. The fourth-order valence-electron chi connectivity index (χ4n) is 3.76. The van der Waals surface area contributed by atoms with Crippen LogP contribution in [0.4, 0.5) is 13.2 Å². The largest absolute Gasteiger partial charge is 0.484 e. The van der Waals surface area contributed by atoms with Gasteiger partial charge in [0.25, 0.3) is 0 Å². The van der Waals surface area contributed by atoms with E-state index in [1.807, 2.05) is 0 Å². The van der Waals surface area contributed by atoms with Gasteiger partial charge in [-0.25, -0.2) is 0 Å². The molecule has 0 amide bonds. The van der Waals surface area contributed by atoms with Gasteiger partial charge in [-0.3, -0.25) is 0 Å². The summed E-state index contributed by atoms with van der Waals surface area (Å²) in [4.78, 5) is 0. The highest BCUT2D eigenvalue weighted by molar-refractivity contribution is 5.28. The van der Waals surface area contributed by atoms with Gasteiger partial charge in [0.05, 0.1) is 26.4 Å². The highest BCUT2D eigenvalue weighted by atomic mass is 19.4. The summed E-state index contributed by atoms with van der Waals surface area (Å²) >= 11 is 0. The molecule has 2 aliphatic rings. The van der Waals surface area contributed by atoms with Crippen LogP contribution in [0.3, 0.4) is 0 Å². The van der Waals surface area contributed by atoms with E-state index in [0.717, 1.165) is 31.6 Å². The van der Waals surface area contributed by atoms with Crippen molar-refractivity contribution in [2.24, 2.45) is 11.8 Å². The van der Waals surface area contributed by atoms with Crippen LogP contribution in [0.1, 0.15) is 57.3 Å². The first-order chi connectivity index (χ1) is 14.9. The summed E-state index contributed by atoms with van der Waals surface area (Å²) < 4.78 is 64.8. The number of benzene rings is 1. The van der Waals surface area contributed by atoms with Crippen molar-refractivity contribution in [3.63, 3.8) is 0 Å². The van der Waals surface area contributed by atoms with Crippen LogP contribution >= 0.6 is 0 Å². The summed E-state index contributed by atoms with van der Waals surface area (Å²) in [7, 11) is 0. The van der Waals surface area contributed by atoms with Crippen molar-refractivity contribution in [1.29, 1.82) is 0 Å². The molecule has 2 heterocycles. The summed E-state index contributed by atoms with van der Waals surface area (Å²) in [6.07, 6.45) is 1.58. The average molecular weight is 447 g/mol. The molecule has 2 saturated heterocycles. The van der Waals surface area contributed by atoms with Gasteiger partial charge < -0.3 is 23.7 Å². The first-order valence-corrected chi connectivity index (χ1v) is 11.2. The molecule has 8 heteroatoms. The van der Waals surface area contributed by atoms with E-state index in [9.17, 15) is 13.2 Å². The summed E-state index contributed by atoms with van der Waals surface area (Å²) in [5, 5.41) is 0. The van der Waals surface area contributed by atoms with Crippen LogP contribution in [0.15, 0.2) is 24.3 Å². The Hall–Kier alpha value is -1.35. The molecule has 176 valence electrons. The van der Waals surface area contributed by atoms with Gasteiger partial charge >= 0.3 is 6.18 Å². The van der Waals surface area contributed by atoms with Gasteiger partial charge in [0.15, 0.2) is 19.2 Å². The molecule has 0 aliphatic carbocycles. The molecule has 0 N–H and O–H groups in total. The zero-order valence-electron chi connectivity index (χ0n) is 18.1. The molecule has 0 atom stereocenters. The summed E-state index contributed by atoms with van der Waals surface area (Å²) in [5.74, 6) is 0.935. The summed E-state index contributed by atoms with van der Waals surface area (Å²) in [5.41, 5.74) is 0.755. The lowest BCUT2D eigenvalue weighted by molar-refractivity contribution is -0.220. The van der Waals surface area contributed by atoms with Gasteiger partial charge in [0.1, 0.15) is 5.75 Å².